The minimum absolute atomic E-state index is 0.0348. The molecule has 0 spiro atoms. The molecule has 1 heterocycles. The molecule has 3 saturated carbocycles. The third-order valence-corrected chi connectivity index (χ3v) is 11.3. The highest BCUT2D eigenvalue weighted by Crippen LogP contribution is 2.68. The van der Waals surface area contributed by atoms with E-state index in [4.69, 9.17) is 11.2 Å². The van der Waals surface area contributed by atoms with Crippen molar-refractivity contribution in [2.24, 2.45) is 34.0 Å². The number of hydrogen-bond donors (Lipinski definition) is 1. The van der Waals surface area contributed by atoms with Crippen LogP contribution in [0.2, 0.25) is 0 Å². The zero-order valence-electron chi connectivity index (χ0n) is 22.7. The highest BCUT2D eigenvalue weighted by atomic mass is 32.2. The van der Waals surface area contributed by atoms with E-state index in [0.717, 1.165) is 30.7 Å². The Morgan fingerprint density at radius 1 is 1.32 bits per heavy atom. The van der Waals surface area contributed by atoms with Crippen molar-refractivity contribution >= 4 is 23.5 Å². The molecule has 0 aliphatic heterocycles. The highest BCUT2D eigenvalue weighted by molar-refractivity contribution is 8.00. The van der Waals surface area contributed by atoms with Gasteiger partial charge in [0.1, 0.15) is 11.9 Å². The molecule has 0 saturated heterocycles. The molecule has 6 heteroatoms. The van der Waals surface area contributed by atoms with Gasteiger partial charge in [0.25, 0.3) is 0 Å². The van der Waals surface area contributed by atoms with Crippen molar-refractivity contribution < 1.29 is 24.0 Å². The topological polar surface area (TPSA) is 67.5 Å². The van der Waals surface area contributed by atoms with Crippen LogP contribution >= 0.6 is 11.8 Å². The smallest absolute Gasteiger partial charge is 0.316 e. The Morgan fingerprint density at radius 3 is 2.68 bits per heavy atom. The maximum absolute atomic E-state index is 13.5. The van der Waals surface area contributed by atoms with Gasteiger partial charge in [0.2, 0.25) is 0 Å². The van der Waals surface area contributed by atoms with Crippen LogP contribution in [-0.2, 0) is 20.9 Å². The Balaban J connectivity index is 1.59. The Kier molecular flexibility index (Phi) is 7.98. The number of rotatable bonds is 7. The lowest BCUT2D eigenvalue weighted by Gasteiger charge is -2.61. The van der Waals surface area contributed by atoms with Gasteiger partial charge in [0.15, 0.2) is 18.9 Å². The monoisotopic (exact) mass is 524 g/mol. The van der Waals surface area contributed by atoms with Gasteiger partial charge in [0.05, 0.1) is 18.3 Å². The Morgan fingerprint density at radius 2 is 2.03 bits per heavy atom. The number of ether oxygens (including phenoxy) is 1. The van der Waals surface area contributed by atoms with Crippen molar-refractivity contribution in [1.29, 1.82) is 0 Å². The molecule has 1 aromatic rings. The van der Waals surface area contributed by atoms with Gasteiger partial charge in [-0.3, -0.25) is 9.59 Å². The normalized spacial score (nSPS) is 39.1. The predicted octanol–water partition coefficient (Wildman–Crippen LogP) is 5.00. The third-order valence-electron chi connectivity index (χ3n) is 10.3. The van der Waals surface area contributed by atoms with Gasteiger partial charge < -0.3 is 9.84 Å². The molecular weight excluding hydrogens is 482 g/mol. The van der Waals surface area contributed by atoms with Gasteiger partial charge in [-0.25, -0.2) is 4.57 Å². The number of aryl methyl sites for hydroxylation is 1. The van der Waals surface area contributed by atoms with Crippen molar-refractivity contribution in [1.82, 2.24) is 0 Å². The number of carbonyl (C=O) groups is 2. The molecule has 0 aromatic carbocycles. The summed E-state index contributed by atoms with van der Waals surface area (Å²) in [5, 5.41) is 11.6. The third kappa shape index (κ3) is 4.79. The summed E-state index contributed by atoms with van der Waals surface area (Å²) >= 11 is 1.44. The maximum Gasteiger partial charge on any atom is 0.316 e. The first kappa shape index (κ1) is 27.9. The summed E-state index contributed by atoms with van der Waals surface area (Å²) < 4.78 is 8.34. The summed E-state index contributed by atoms with van der Waals surface area (Å²) in [6, 6.07) is 3.96. The van der Waals surface area contributed by atoms with Crippen molar-refractivity contribution in [3.8, 4) is 12.3 Å². The average molecular weight is 525 g/mol. The average Bonchev–Trinajstić information content (AvgIpc) is 3.25. The van der Waals surface area contributed by atoms with Gasteiger partial charge in [-0.05, 0) is 42.9 Å². The number of carbonyl (C=O) groups excluding carboxylic acids is 2. The van der Waals surface area contributed by atoms with E-state index in [-0.39, 0.29) is 40.7 Å². The number of hydrogen-bond acceptors (Lipinski definition) is 5. The molecule has 1 N–H and O–H groups in total. The summed E-state index contributed by atoms with van der Waals surface area (Å²) in [6.45, 7) is 13.4. The predicted molar refractivity (Wildman–Crippen MR) is 145 cm³/mol. The molecule has 0 unspecified atom stereocenters. The van der Waals surface area contributed by atoms with E-state index in [1.807, 2.05) is 42.1 Å². The van der Waals surface area contributed by atoms with E-state index in [1.54, 1.807) is 0 Å². The summed E-state index contributed by atoms with van der Waals surface area (Å²) in [5.74, 6) is 2.79. The summed E-state index contributed by atoms with van der Waals surface area (Å²) in [7, 11) is 0. The summed E-state index contributed by atoms with van der Waals surface area (Å²) in [5.41, 5.74) is -1.37. The number of Topliss-reactive ketones (excluding diaryl/α,β-unsaturated/α-hetero) is 1. The summed E-state index contributed by atoms with van der Waals surface area (Å²) in [6.07, 6.45) is 14.4. The van der Waals surface area contributed by atoms with Crippen LogP contribution in [0.15, 0.2) is 42.1 Å². The van der Waals surface area contributed by atoms with E-state index < -0.39 is 23.0 Å². The largest absolute Gasteiger partial charge is 0.461 e. The molecule has 3 aliphatic carbocycles. The lowest BCUT2D eigenvalue weighted by molar-refractivity contribution is -0.696. The number of terminal acetylenes is 1. The molecule has 5 nitrogen and oxygen atoms in total. The number of pyridine rings is 1. The van der Waals surface area contributed by atoms with Crippen LogP contribution in [0.4, 0.5) is 0 Å². The van der Waals surface area contributed by atoms with Gasteiger partial charge >= 0.3 is 5.97 Å². The van der Waals surface area contributed by atoms with Crippen LogP contribution in [0.5, 0.6) is 0 Å². The SMILES string of the molecule is C#CCC[n+]1ccc(SCC(=O)O[C@@H]2C[C@@](C)(C=C)[C@@H](O)[C@H](C)[C@]34CCC(=O)[C@H]3[C@@]2(C)[C@H](C)CC4)cc1. The molecule has 1 aromatic heterocycles. The van der Waals surface area contributed by atoms with E-state index in [9.17, 15) is 14.7 Å². The van der Waals surface area contributed by atoms with Crippen LogP contribution < -0.4 is 4.57 Å². The van der Waals surface area contributed by atoms with Crippen LogP contribution in [0.3, 0.4) is 0 Å². The fourth-order valence-electron chi connectivity index (χ4n) is 7.72. The number of aliphatic hydroxyl groups excluding tert-OH is 1. The second-order valence-electron chi connectivity index (χ2n) is 12.1. The first-order valence-electron chi connectivity index (χ1n) is 13.6. The van der Waals surface area contributed by atoms with E-state index in [1.165, 1.54) is 11.8 Å². The van der Waals surface area contributed by atoms with Crippen molar-refractivity contribution in [3.63, 3.8) is 0 Å². The molecule has 3 aliphatic rings. The molecule has 0 amide bonds. The van der Waals surface area contributed by atoms with E-state index in [0.29, 0.717) is 19.3 Å². The number of esters is 1. The van der Waals surface area contributed by atoms with Gasteiger partial charge in [-0.1, -0.05) is 33.8 Å². The fourth-order valence-corrected chi connectivity index (χ4v) is 8.39. The molecule has 3 fully saturated rings. The van der Waals surface area contributed by atoms with Gasteiger partial charge in [-0.15, -0.1) is 30.7 Å². The first-order chi connectivity index (χ1) is 17.5. The molecule has 200 valence electrons. The molecule has 37 heavy (non-hydrogen) atoms. The Bertz CT molecular complexity index is 1080. The van der Waals surface area contributed by atoms with Crippen LogP contribution in [0.1, 0.15) is 66.2 Å². The number of nitrogens with zero attached hydrogens (tertiary/aromatic N) is 1. The van der Waals surface area contributed by atoms with Crippen LogP contribution in [-0.4, -0.2) is 34.8 Å². The molecule has 8 atom stereocenters. The number of aromatic nitrogens is 1. The molecule has 4 rings (SSSR count). The Labute approximate surface area is 226 Å². The fraction of sp³-hybridized carbons (Fsp3) is 0.645. The molecule has 2 bridgehead atoms. The van der Waals surface area contributed by atoms with Gasteiger partial charge in [0, 0.05) is 40.2 Å². The zero-order valence-corrected chi connectivity index (χ0v) is 23.6. The van der Waals surface area contributed by atoms with Crippen molar-refractivity contribution in [2.45, 2.75) is 89.9 Å². The lowest BCUT2D eigenvalue weighted by atomic mass is 9.44. The standard InChI is InChI=1S/C31H42NO4S/c1-7-9-16-32-17-12-23(13-18-32)37-20-26(34)36-25-19-29(5,8-2)28(35)22(4)31-14-10-21(3)30(25,6)27(31)24(33)11-15-31/h1,8,12-13,17-18,21-22,25,27-28,35H,2,9-11,14-16,19-20H2,3-6H3/q+1/t21-,22+,25-,27+,28+,29-,30+,31+/m1/s1. The number of ketones is 1. The summed E-state index contributed by atoms with van der Waals surface area (Å²) in [4.78, 5) is 27.7. The Hall–Kier alpha value is -2.10. The second-order valence-corrected chi connectivity index (χ2v) is 13.1. The molecular formula is C31H42NO4S+. The van der Waals surface area contributed by atoms with Crippen molar-refractivity contribution in [3.05, 3.63) is 37.2 Å². The minimum atomic E-state index is -0.655. The van der Waals surface area contributed by atoms with Crippen LogP contribution in [0, 0.1) is 46.3 Å². The van der Waals surface area contributed by atoms with Crippen LogP contribution in [0.25, 0.3) is 0 Å². The zero-order chi connectivity index (χ0) is 27.0. The molecule has 0 radical (unpaired) electrons. The van der Waals surface area contributed by atoms with E-state index >= 15 is 0 Å². The number of aliphatic hydroxyl groups is 1. The minimum Gasteiger partial charge on any atom is -0.461 e. The maximum atomic E-state index is 13.5. The quantitative estimate of drug-likeness (QED) is 0.179. The lowest BCUT2D eigenvalue weighted by Crippen LogP contribution is -2.63. The van der Waals surface area contributed by atoms with Crippen molar-refractivity contribution in [2.75, 3.05) is 5.75 Å². The first-order valence-corrected chi connectivity index (χ1v) is 14.6. The van der Waals surface area contributed by atoms with E-state index in [2.05, 4.69) is 33.3 Å². The highest BCUT2D eigenvalue weighted by Gasteiger charge is 2.68. The number of thioether (sulfide) groups is 1. The van der Waals surface area contributed by atoms with Gasteiger partial charge in [-0.2, -0.15) is 0 Å². The second kappa shape index (κ2) is 10.6.